The van der Waals surface area contributed by atoms with Gasteiger partial charge in [0.05, 0.1) is 13.0 Å². The number of fused-ring (bicyclic) bond motifs is 1. The van der Waals surface area contributed by atoms with E-state index in [1.165, 1.54) is 11.1 Å². The summed E-state index contributed by atoms with van der Waals surface area (Å²) in [5.74, 6) is -0.143. The number of amides is 1. The fraction of sp³-hybridized carbons (Fsp3) is 0.190. The predicted octanol–water partition coefficient (Wildman–Crippen LogP) is 4.25. The van der Waals surface area contributed by atoms with Gasteiger partial charge in [0.2, 0.25) is 5.91 Å². The van der Waals surface area contributed by atoms with Gasteiger partial charge in [-0.05, 0) is 35.7 Å². The van der Waals surface area contributed by atoms with Gasteiger partial charge in [-0.25, -0.2) is 5.48 Å². The summed E-state index contributed by atoms with van der Waals surface area (Å²) in [6.07, 6.45) is 0.300. The molecule has 0 aromatic heterocycles. The van der Waals surface area contributed by atoms with E-state index in [-0.39, 0.29) is 5.91 Å². The Bertz CT molecular complexity index is 845. The van der Waals surface area contributed by atoms with Crippen LogP contribution in [-0.4, -0.2) is 5.91 Å². The third-order valence-corrected chi connectivity index (χ3v) is 3.94. The van der Waals surface area contributed by atoms with Crippen LogP contribution in [0.1, 0.15) is 22.3 Å². The summed E-state index contributed by atoms with van der Waals surface area (Å²) in [6.45, 7) is 4.47. The summed E-state index contributed by atoms with van der Waals surface area (Å²) in [5, 5.41) is 2.24. The summed E-state index contributed by atoms with van der Waals surface area (Å²) < 4.78 is 0. The largest absolute Gasteiger partial charge is 0.272 e. The van der Waals surface area contributed by atoms with Crippen molar-refractivity contribution in [1.29, 1.82) is 0 Å². The number of hydrogen-bond donors (Lipinski definition) is 1. The van der Waals surface area contributed by atoms with Crippen LogP contribution in [0.25, 0.3) is 10.8 Å². The van der Waals surface area contributed by atoms with Crippen molar-refractivity contribution in [2.24, 2.45) is 0 Å². The van der Waals surface area contributed by atoms with E-state index >= 15 is 0 Å². The van der Waals surface area contributed by atoms with Crippen molar-refractivity contribution >= 4 is 16.7 Å². The molecule has 0 radical (unpaired) electrons. The van der Waals surface area contributed by atoms with E-state index in [2.05, 4.69) is 37.5 Å². The second-order valence-electron chi connectivity index (χ2n) is 6.12. The average Bonchev–Trinajstić information content (AvgIpc) is 2.54. The number of carbonyl (C=O) groups is 1. The third kappa shape index (κ3) is 4.00. The number of benzene rings is 3. The van der Waals surface area contributed by atoms with Crippen LogP contribution in [0, 0.1) is 13.8 Å². The Labute approximate surface area is 142 Å². The molecule has 0 aliphatic rings. The zero-order chi connectivity index (χ0) is 16.9. The molecule has 0 atom stereocenters. The van der Waals surface area contributed by atoms with Crippen molar-refractivity contribution in [3.05, 3.63) is 82.9 Å². The first kappa shape index (κ1) is 16.2. The first-order valence-electron chi connectivity index (χ1n) is 8.06. The summed E-state index contributed by atoms with van der Waals surface area (Å²) in [7, 11) is 0. The molecular weight excluding hydrogens is 298 g/mol. The maximum Gasteiger partial charge on any atom is 0.247 e. The van der Waals surface area contributed by atoms with Crippen LogP contribution in [0.15, 0.2) is 60.7 Å². The summed E-state index contributed by atoms with van der Waals surface area (Å²) in [4.78, 5) is 17.5. The van der Waals surface area contributed by atoms with Gasteiger partial charge in [-0.15, -0.1) is 0 Å². The van der Waals surface area contributed by atoms with E-state index in [0.717, 1.165) is 21.9 Å². The van der Waals surface area contributed by atoms with Gasteiger partial charge in [-0.2, -0.15) is 0 Å². The number of rotatable bonds is 5. The lowest BCUT2D eigenvalue weighted by molar-refractivity contribution is -0.133. The lowest BCUT2D eigenvalue weighted by Crippen LogP contribution is -2.25. The molecule has 0 aliphatic heterocycles. The number of carbonyl (C=O) groups excluding carboxylic acids is 1. The minimum atomic E-state index is -0.143. The van der Waals surface area contributed by atoms with E-state index in [0.29, 0.717) is 13.0 Å². The molecule has 0 aliphatic carbocycles. The van der Waals surface area contributed by atoms with E-state index in [4.69, 9.17) is 4.84 Å². The zero-order valence-electron chi connectivity index (χ0n) is 14.0. The monoisotopic (exact) mass is 319 g/mol. The van der Waals surface area contributed by atoms with Crippen LogP contribution in [0.3, 0.4) is 0 Å². The van der Waals surface area contributed by atoms with Crippen LogP contribution in [-0.2, 0) is 22.7 Å². The molecule has 0 spiro atoms. The van der Waals surface area contributed by atoms with Crippen molar-refractivity contribution in [1.82, 2.24) is 5.48 Å². The molecule has 3 aromatic rings. The molecule has 3 nitrogen and oxygen atoms in total. The standard InChI is InChI=1S/C21H21NO2/c1-15-10-16(2)12-17(11-15)14-24-22-21(23)13-19-8-5-7-18-6-3-4-9-20(18)19/h3-12H,13-14H2,1-2H3,(H,22,23). The molecule has 0 heterocycles. The Kier molecular flexibility index (Phi) is 4.92. The van der Waals surface area contributed by atoms with Gasteiger partial charge >= 0.3 is 0 Å². The first-order valence-corrected chi connectivity index (χ1v) is 8.06. The first-order chi connectivity index (χ1) is 11.6. The van der Waals surface area contributed by atoms with Crippen LogP contribution in [0.5, 0.6) is 0 Å². The highest BCUT2D eigenvalue weighted by atomic mass is 16.6. The molecule has 0 bridgehead atoms. The Hall–Kier alpha value is -2.65. The third-order valence-electron chi connectivity index (χ3n) is 3.94. The fourth-order valence-electron chi connectivity index (χ4n) is 3.01. The summed E-state index contributed by atoms with van der Waals surface area (Å²) in [6, 6.07) is 20.3. The average molecular weight is 319 g/mol. The van der Waals surface area contributed by atoms with E-state index in [1.807, 2.05) is 42.5 Å². The number of hydrogen-bond acceptors (Lipinski definition) is 2. The molecule has 0 saturated carbocycles. The zero-order valence-corrected chi connectivity index (χ0v) is 14.0. The second-order valence-corrected chi connectivity index (χ2v) is 6.12. The quantitative estimate of drug-likeness (QED) is 0.714. The van der Waals surface area contributed by atoms with Crippen LogP contribution in [0.2, 0.25) is 0 Å². The molecule has 0 saturated heterocycles. The maximum atomic E-state index is 12.1. The van der Waals surface area contributed by atoms with Gasteiger partial charge < -0.3 is 0 Å². The topological polar surface area (TPSA) is 38.3 Å². The highest BCUT2D eigenvalue weighted by molar-refractivity contribution is 5.89. The Balaban J connectivity index is 1.59. The molecule has 1 amide bonds. The van der Waals surface area contributed by atoms with Gasteiger partial charge in [-0.3, -0.25) is 9.63 Å². The van der Waals surface area contributed by atoms with Crippen LogP contribution in [0.4, 0.5) is 0 Å². The molecule has 0 fully saturated rings. The van der Waals surface area contributed by atoms with Crippen molar-refractivity contribution in [2.75, 3.05) is 0 Å². The minimum Gasteiger partial charge on any atom is -0.272 e. The molecule has 1 N–H and O–H groups in total. The summed E-state index contributed by atoms with van der Waals surface area (Å²) in [5.41, 5.74) is 6.98. The van der Waals surface area contributed by atoms with Gasteiger partial charge in [0.15, 0.2) is 0 Å². The van der Waals surface area contributed by atoms with E-state index < -0.39 is 0 Å². The van der Waals surface area contributed by atoms with Crippen molar-refractivity contribution in [3.8, 4) is 0 Å². The van der Waals surface area contributed by atoms with Crippen molar-refractivity contribution in [2.45, 2.75) is 26.9 Å². The van der Waals surface area contributed by atoms with Crippen molar-refractivity contribution in [3.63, 3.8) is 0 Å². The summed E-state index contributed by atoms with van der Waals surface area (Å²) >= 11 is 0. The highest BCUT2D eigenvalue weighted by Crippen LogP contribution is 2.18. The molecule has 3 rings (SSSR count). The SMILES string of the molecule is Cc1cc(C)cc(CONC(=O)Cc2cccc3ccccc23)c1. The highest BCUT2D eigenvalue weighted by Gasteiger charge is 2.07. The van der Waals surface area contributed by atoms with Gasteiger partial charge in [0.1, 0.15) is 0 Å². The smallest absolute Gasteiger partial charge is 0.247 e. The molecule has 122 valence electrons. The maximum absolute atomic E-state index is 12.1. The normalized spacial score (nSPS) is 10.8. The van der Waals surface area contributed by atoms with E-state index in [1.54, 1.807) is 0 Å². The van der Waals surface area contributed by atoms with Crippen LogP contribution >= 0.6 is 0 Å². The number of nitrogens with one attached hydrogen (secondary N) is 1. The number of hydroxylamine groups is 1. The van der Waals surface area contributed by atoms with Gasteiger partial charge in [0, 0.05) is 0 Å². The predicted molar refractivity (Wildman–Crippen MR) is 96.5 cm³/mol. The second kappa shape index (κ2) is 7.28. The minimum absolute atomic E-state index is 0.143. The number of aryl methyl sites for hydroxylation is 2. The molecular formula is C21H21NO2. The molecule has 24 heavy (non-hydrogen) atoms. The van der Waals surface area contributed by atoms with Crippen molar-refractivity contribution < 1.29 is 9.63 Å². The van der Waals surface area contributed by atoms with E-state index in [9.17, 15) is 4.79 Å². The Morgan fingerprint density at radius 3 is 2.46 bits per heavy atom. The molecule has 3 heteroatoms. The van der Waals surface area contributed by atoms with Crippen LogP contribution < -0.4 is 5.48 Å². The fourth-order valence-corrected chi connectivity index (χ4v) is 3.01. The van der Waals surface area contributed by atoms with Gasteiger partial charge in [-0.1, -0.05) is 71.8 Å². The molecule has 3 aromatic carbocycles. The Morgan fingerprint density at radius 1 is 0.958 bits per heavy atom. The lowest BCUT2D eigenvalue weighted by atomic mass is 10.0. The Morgan fingerprint density at radius 2 is 1.67 bits per heavy atom. The lowest BCUT2D eigenvalue weighted by Gasteiger charge is -2.09. The van der Waals surface area contributed by atoms with Gasteiger partial charge in [0.25, 0.3) is 0 Å². The molecule has 0 unspecified atom stereocenters.